The van der Waals surface area contributed by atoms with Crippen LogP contribution in [0.5, 0.6) is 0 Å². The zero-order chi connectivity index (χ0) is 15.2. The first kappa shape index (κ1) is 15.5. The molecule has 2 fully saturated rings. The van der Waals surface area contributed by atoms with Gasteiger partial charge in [0, 0.05) is 25.1 Å². The molecule has 5 heteroatoms. The molecule has 0 radical (unpaired) electrons. The van der Waals surface area contributed by atoms with Crippen LogP contribution in [0.15, 0.2) is 24.3 Å². The predicted octanol–water partition coefficient (Wildman–Crippen LogP) is 2.31. The van der Waals surface area contributed by atoms with E-state index in [1.165, 1.54) is 0 Å². The maximum absolute atomic E-state index is 11.8. The number of ether oxygens (including phenoxy) is 3. The van der Waals surface area contributed by atoms with Gasteiger partial charge in [-0.25, -0.2) is 0 Å². The van der Waals surface area contributed by atoms with Gasteiger partial charge < -0.3 is 19.5 Å². The molecule has 1 aromatic rings. The summed E-state index contributed by atoms with van der Waals surface area (Å²) in [7, 11) is 0. The third-order valence-corrected chi connectivity index (χ3v) is 4.08. The first-order valence-corrected chi connectivity index (χ1v) is 8.01. The van der Waals surface area contributed by atoms with E-state index in [0.717, 1.165) is 37.0 Å². The second-order valence-corrected chi connectivity index (χ2v) is 5.77. The molecule has 2 aliphatic rings. The van der Waals surface area contributed by atoms with Gasteiger partial charge in [-0.2, -0.15) is 0 Å². The van der Waals surface area contributed by atoms with E-state index in [2.05, 4.69) is 5.32 Å². The molecule has 0 aliphatic carbocycles. The average molecular weight is 305 g/mol. The molecule has 2 heterocycles. The summed E-state index contributed by atoms with van der Waals surface area (Å²) in [4.78, 5) is 11.8. The van der Waals surface area contributed by atoms with E-state index in [1.807, 2.05) is 24.3 Å². The van der Waals surface area contributed by atoms with Crippen molar-refractivity contribution < 1.29 is 19.0 Å². The van der Waals surface area contributed by atoms with Crippen LogP contribution in [0.25, 0.3) is 0 Å². The minimum atomic E-state index is -0.241. The molecule has 2 aliphatic heterocycles. The minimum absolute atomic E-state index is 0.0852. The van der Waals surface area contributed by atoms with E-state index in [-0.39, 0.29) is 18.3 Å². The number of rotatable bonds is 6. The lowest BCUT2D eigenvalue weighted by molar-refractivity contribution is -0.121. The molecule has 0 unspecified atom stereocenters. The Morgan fingerprint density at radius 1 is 1.09 bits per heavy atom. The van der Waals surface area contributed by atoms with Crippen molar-refractivity contribution in [2.75, 3.05) is 19.8 Å². The normalized spacial score (nSPS) is 22.1. The number of carbonyl (C=O) groups excluding carboxylic acids is 1. The lowest BCUT2D eigenvalue weighted by Crippen LogP contribution is -2.23. The summed E-state index contributed by atoms with van der Waals surface area (Å²) in [6, 6.07) is 7.98. The number of carbonyl (C=O) groups is 1. The zero-order valence-electron chi connectivity index (χ0n) is 12.8. The standard InChI is InChI=1S/C17H23NO4/c19-16(8-7-15-2-1-9-20-15)18-12-13-3-5-14(6-4-13)17-21-10-11-22-17/h3-6,15,17H,1-2,7-12H2,(H,18,19)/t15-/m1/s1. The topological polar surface area (TPSA) is 56.8 Å². The van der Waals surface area contributed by atoms with E-state index in [1.54, 1.807) is 0 Å². The molecule has 1 aromatic carbocycles. The number of hydrogen-bond donors (Lipinski definition) is 1. The van der Waals surface area contributed by atoms with Crippen molar-refractivity contribution in [1.82, 2.24) is 5.32 Å². The predicted molar refractivity (Wildman–Crippen MR) is 81.1 cm³/mol. The molecule has 120 valence electrons. The Balaban J connectivity index is 1.39. The molecule has 0 saturated carbocycles. The van der Waals surface area contributed by atoms with Gasteiger partial charge >= 0.3 is 0 Å². The quantitative estimate of drug-likeness (QED) is 0.876. The van der Waals surface area contributed by atoms with E-state index in [0.29, 0.717) is 26.2 Å². The maximum atomic E-state index is 11.8. The van der Waals surface area contributed by atoms with Crippen LogP contribution >= 0.6 is 0 Å². The zero-order valence-corrected chi connectivity index (χ0v) is 12.8. The summed E-state index contributed by atoms with van der Waals surface area (Å²) in [6.45, 7) is 2.68. The highest BCUT2D eigenvalue weighted by Gasteiger charge is 2.18. The van der Waals surface area contributed by atoms with Crippen LogP contribution in [0.2, 0.25) is 0 Å². The minimum Gasteiger partial charge on any atom is -0.378 e. The Bertz CT molecular complexity index is 476. The Labute approximate surface area is 130 Å². The number of hydrogen-bond acceptors (Lipinski definition) is 4. The second kappa shape index (κ2) is 7.72. The highest BCUT2D eigenvalue weighted by Crippen LogP contribution is 2.23. The first-order chi connectivity index (χ1) is 10.8. The third kappa shape index (κ3) is 4.29. The van der Waals surface area contributed by atoms with Crippen molar-refractivity contribution in [3.63, 3.8) is 0 Å². The fourth-order valence-electron chi connectivity index (χ4n) is 2.80. The molecule has 22 heavy (non-hydrogen) atoms. The largest absolute Gasteiger partial charge is 0.378 e. The Kier molecular flexibility index (Phi) is 5.43. The highest BCUT2D eigenvalue weighted by atomic mass is 16.7. The molecule has 0 aromatic heterocycles. The van der Waals surface area contributed by atoms with Gasteiger partial charge in [0.1, 0.15) is 0 Å². The van der Waals surface area contributed by atoms with Crippen molar-refractivity contribution in [3.8, 4) is 0 Å². The van der Waals surface area contributed by atoms with Gasteiger partial charge in [-0.1, -0.05) is 24.3 Å². The van der Waals surface area contributed by atoms with E-state index in [9.17, 15) is 4.79 Å². The summed E-state index contributed by atoms with van der Waals surface area (Å²) in [6.07, 6.45) is 3.59. The molecule has 3 rings (SSSR count). The summed E-state index contributed by atoms with van der Waals surface area (Å²) in [5, 5.41) is 2.95. The van der Waals surface area contributed by atoms with Crippen molar-refractivity contribution in [2.24, 2.45) is 0 Å². The lowest BCUT2D eigenvalue weighted by Gasteiger charge is -2.11. The number of amides is 1. The number of benzene rings is 1. The Hall–Kier alpha value is -1.43. The van der Waals surface area contributed by atoms with Crippen LogP contribution in [0.3, 0.4) is 0 Å². The molecule has 0 bridgehead atoms. The lowest BCUT2D eigenvalue weighted by atomic mass is 10.1. The average Bonchev–Trinajstić information content (AvgIpc) is 3.24. The Morgan fingerprint density at radius 2 is 1.86 bits per heavy atom. The van der Waals surface area contributed by atoms with Crippen molar-refractivity contribution in [1.29, 1.82) is 0 Å². The maximum Gasteiger partial charge on any atom is 0.220 e. The molecule has 1 amide bonds. The molecule has 2 saturated heterocycles. The Morgan fingerprint density at radius 3 is 2.55 bits per heavy atom. The van der Waals surface area contributed by atoms with Gasteiger partial charge in [-0.3, -0.25) is 4.79 Å². The van der Waals surface area contributed by atoms with Crippen LogP contribution in [0.1, 0.15) is 43.1 Å². The molecule has 1 N–H and O–H groups in total. The monoisotopic (exact) mass is 305 g/mol. The second-order valence-electron chi connectivity index (χ2n) is 5.77. The van der Waals surface area contributed by atoms with Crippen LogP contribution in [-0.2, 0) is 25.5 Å². The van der Waals surface area contributed by atoms with Crippen molar-refractivity contribution in [2.45, 2.75) is 44.6 Å². The van der Waals surface area contributed by atoms with Gasteiger partial charge in [0.25, 0.3) is 0 Å². The van der Waals surface area contributed by atoms with Crippen molar-refractivity contribution >= 4 is 5.91 Å². The molecular formula is C17H23NO4. The molecule has 0 spiro atoms. The van der Waals surface area contributed by atoms with Gasteiger partial charge in [0.05, 0.1) is 19.3 Å². The first-order valence-electron chi connectivity index (χ1n) is 8.01. The number of nitrogens with one attached hydrogen (secondary N) is 1. The van der Waals surface area contributed by atoms with Crippen LogP contribution in [0, 0.1) is 0 Å². The fourth-order valence-corrected chi connectivity index (χ4v) is 2.80. The molecular weight excluding hydrogens is 282 g/mol. The van der Waals surface area contributed by atoms with Crippen LogP contribution < -0.4 is 5.32 Å². The van der Waals surface area contributed by atoms with Crippen molar-refractivity contribution in [3.05, 3.63) is 35.4 Å². The van der Waals surface area contributed by atoms with E-state index in [4.69, 9.17) is 14.2 Å². The smallest absolute Gasteiger partial charge is 0.220 e. The SMILES string of the molecule is O=C(CC[C@H]1CCCO1)NCc1ccc(C2OCCO2)cc1. The van der Waals surface area contributed by atoms with E-state index < -0.39 is 0 Å². The molecule has 5 nitrogen and oxygen atoms in total. The van der Waals surface area contributed by atoms with Crippen LogP contribution in [0.4, 0.5) is 0 Å². The third-order valence-electron chi connectivity index (χ3n) is 4.08. The van der Waals surface area contributed by atoms with E-state index >= 15 is 0 Å². The van der Waals surface area contributed by atoms with Gasteiger partial charge in [0.15, 0.2) is 6.29 Å². The summed E-state index contributed by atoms with van der Waals surface area (Å²) >= 11 is 0. The fraction of sp³-hybridized carbons (Fsp3) is 0.588. The molecule has 1 atom stereocenters. The summed E-state index contributed by atoms with van der Waals surface area (Å²) in [5.41, 5.74) is 2.10. The van der Waals surface area contributed by atoms with Gasteiger partial charge in [0.2, 0.25) is 5.91 Å². The van der Waals surface area contributed by atoms with Crippen LogP contribution in [-0.4, -0.2) is 31.8 Å². The summed E-state index contributed by atoms with van der Waals surface area (Å²) < 4.78 is 16.4. The highest BCUT2D eigenvalue weighted by molar-refractivity contribution is 5.75. The summed E-state index contributed by atoms with van der Waals surface area (Å²) in [5.74, 6) is 0.0852. The van der Waals surface area contributed by atoms with Gasteiger partial charge in [-0.15, -0.1) is 0 Å². The van der Waals surface area contributed by atoms with Gasteiger partial charge in [-0.05, 0) is 24.8 Å².